The fourth-order valence-electron chi connectivity index (χ4n) is 2.24. The van der Waals surface area contributed by atoms with E-state index in [9.17, 15) is 0 Å². The fraction of sp³-hybridized carbons (Fsp3) is 0.750. The summed E-state index contributed by atoms with van der Waals surface area (Å²) in [6.45, 7) is 9.08. The Morgan fingerprint density at radius 3 is 3.12 bits per heavy atom. The molecule has 17 heavy (non-hydrogen) atoms. The van der Waals surface area contributed by atoms with Crippen LogP contribution in [-0.2, 0) is 11.3 Å². The molecule has 1 unspecified atom stereocenters. The number of rotatable bonds is 5. The van der Waals surface area contributed by atoms with Crippen molar-refractivity contribution in [2.75, 3.05) is 26.3 Å². The van der Waals surface area contributed by atoms with E-state index in [0.717, 1.165) is 39.3 Å². The summed E-state index contributed by atoms with van der Waals surface area (Å²) in [5.41, 5.74) is 1.19. The van der Waals surface area contributed by atoms with Gasteiger partial charge in [0.15, 0.2) is 7.28 Å². The largest absolute Gasteiger partial charge is 0.378 e. The molecule has 0 saturated carbocycles. The first-order valence-electron chi connectivity index (χ1n) is 6.47. The number of nitrogens with zero attached hydrogens (tertiary/aromatic N) is 3. The molecule has 1 aliphatic heterocycles. The summed E-state index contributed by atoms with van der Waals surface area (Å²) in [6.07, 6.45) is 5.17. The maximum Gasteiger partial charge on any atom is 0.152 e. The molecule has 0 spiro atoms. The molecular weight excluding hydrogens is 213 g/mol. The van der Waals surface area contributed by atoms with Crippen molar-refractivity contribution in [1.29, 1.82) is 0 Å². The van der Waals surface area contributed by atoms with E-state index in [1.54, 1.807) is 0 Å². The standard InChI is InChI=1S/C12H21BN3O/c1-3-12-10-17-7-6-15(12)4-5-16-9-11(13-2)8-14-16/h8-9,12H,3-7,10H2,1-2H3. The van der Waals surface area contributed by atoms with Gasteiger partial charge in [-0.1, -0.05) is 19.2 Å². The first kappa shape index (κ1) is 12.6. The van der Waals surface area contributed by atoms with E-state index < -0.39 is 0 Å². The van der Waals surface area contributed by atoms with Gasteiger partial charge in [-0.3, -0.25) is 9.58 Å². The van der Waals surface area contributed by atoms with Crippen LogP contribution in [-0.4, -0.2) is 54.3 Å². The zero-order valence-electron chi connectivity index (χ0n) is 10.8. The highest BCUT2D eigenvalue weighted by molar-refractivity contribution is 6.51. The van der Waals surface area contributed by atoms with E-state index >= 15 is 0 Å². The Hall–Kier alpha value is -0.805. The number of morpholine rings is 1. The number of hydrogen-bond acceptors (Lipinski definition) is 3. The molecule has 1 atom stereocenters. The maximum atomic E-state index is 5.51. The minimum Gasteiger partial charge on any atom is -0.378 e. The SMILES string of the molecule is C[B]c1cnn(CCN2CCOCC2CC)c1. The van der Waals surface area contributed by atoms with Crippen molar-refractivity contribution in [3.63, 3.8) is 0 Å². The molecule has 1 fully saturated rings. The molecule has 0 bridgehead atoms. The smallest absolute Gasteiger partial charge is 0.152 e. The van der Waals surface area contributed by atoms with Gasteiger partial charge in [-0.25, -0.2) is 0 Å². The van der Waals surface area contributed by atoms with Crippen molar-refractivity contribution in [2.24, 2.45) is 0 Å². The fourth-order valence-corrected chi connectivity index (χ4v) is 2.24. The molecule has 1 radical (unpaired) electrons. The lowest BCUT2D eigenvalue weighted by atomic mass is 9.75. The van der Waals surface area contributed by atoms with Crippen LogP contribution in [0.15, 0.2) is 12.4 Å². The highest BCUT2D eigenvalue weighted by atomic mass is 16.5. The molecule has 93 valence electrons. The minimum atomic E-state index is 0.580. The van der Waals surface area contributed by atoms with Gasteiger partial charge in [-0.05, 0) is 6.42 Å². The van der Waals surface area contributed by atoms with E-state index in [4.69, 9.17) is 4.74 Å². The van der Waals surface area contributed by atoms with Crippen molar-refractivity contribution in [1.82, 2.24) is 14.7 Å². The Bertz CT molecular complexity index is 342. The molecule has 0 amide bonds. The van der Waals surface area contributed by atoms with E-state index in [1.807, 2.05) is 17.7 Å². The lowest BCUT2D eigenvalue weighted by molar-refractivity contribution is -0.0103. The topological polar surface area (TPSA) is 30.3 Å². The Morgan fingerprint density at radius 2 is 2.41 bits per heavy atom. The van der Waals surface area contributed by atoms with E-state index in [1.165, 1.54) is 5.46 Å². The van der Waals surface area contributed by atoms with Crippen molar-refractivity contribution in [2.45, 2.75) is 32.8 Å². The second-order valence-electron chi connectivity index (χ2n) is 4.50. The molecule has 0 aromatic carbocycles. The van der Waals surface area contributed by atoms with Crippen LogP contribution in [0.1, 0.15) is 13.3 Å². The van der Waals surface area contributed by atoms with Gasteiger partial charge in [-0.15, -0.1) is 0 Å². The van der Waals surface area contributed by atoms with Crippen LogP contribution in [0.5, 0.6) is 0 Å². The molecular formula is C12H21BN3O. The highest BCUT2D eigenvalue weighted by Crippen LogP contribution is 2.09. The molecule has 1 saturated heterocycles. The third-order valence-corrected chi connectivity index (χ3v) is 3.42. The average Bonchev–Trinajstić information content (AvgIpc) is 2.84. The van der Waals surface area contributed by atoms with Crippen molar-refractivity contribution in [3.05, 3.63) is 12.4 Å². The molecule has 5 heteroatoms. The molecule has 0 N–H and O–H groups in total. The zero-order valence-corrected chi connectivity index (χ0v) is 10.8. The normalized spacial score (nSPS) is 21.6. The lowest BCUT2D eigenvalue weighted by Gasteiger charge is -2.34. The molecule has 4 nitrogen and oxygen atoms in total. The molecule has 0 aliphatic carbocycles. The predicted molar refractivity (Wildman–Crippen MR) is 70.0 cm³/mol. The Labute approximate surface area is 104 Å². The van der Waals surface area contributed by atoms with Crippen LogP contribution >= 0.6 is 0 Å². The van der Waals surface area contributed by atoms with Crippen LogP contribution in [0, 0.1) is 0 Å². The quantitative estimate of drug-likeness (QED) is 0.689. The molecule has 2 rings (SSSR count). The summed E-state index contributed by atoms with van der Waals surface area (Å²) < 4.78 is 7.53. The molecule has 1 aromatic heterocycles. The van der Waals surface area contributed by atoms with Crippen LogP contribution in [0.2, 0.25) is 6.82 Å². The van der Waals surface area contributed by atoms with E-state index in [0.29, 0.717) is 6.04 Å². The number of aromatic nitrogens is 2. The maximum absolute atomic E-state index is 5.51. The van der Waals surface area contributed by atoms with Crippen LogP contribution in [0.3, 0.4) is 0 Å². The molecule has 1 aromatic rings. The van der Waals surface area contributed by atoms with Gasteiger partial charge >= 0.3 is 0 Å². The van der Waals surface area contributed by atoms with Gasteiger partial charge in [0, 0.05) is 31.5 Å². The number of hydrogen-bond donors (Lipinski definition) is 0. The van der Waals surface area contributed by atoms with Crippen molar-refractivity contribution >= 4 is 12.7 Å². The monoisotopic (exact) mass is 234 g/mol. The third kappa shape index (κ3) is 3.33. The van der Waals surface area contributed by atoms with Gasteiger partial charge < -0.3 is 4.74 Å². The summed E-state index contributed by atoms with van der Waals surface area (Å²) in [5, 5.41) is 4.35. The van der Waals surface area contributed by atoms with Crippen molar-refractivity contribution in [3.8, 4) is 0 Å². The van der Waals surface area contributed by atoms with Gasteiger partial charge in [0.2, 0.25) is 0 Å². The Kier molecular flexibility index (Phi) is 4.62. The number of ether oxygens (including phenoxy) is 1. The second-order valence-corrected chi connectivity index (χ2v) is 4.50. The van der Waals surface area contributed by atoms with E-state index in [2.05, 4.69) is 30.4 Å². The summed E-state index contributed by atoms with van der Waals surface area (Å²) in [7, 11) is 2.08. The minimum absolute atomic E-state index is 0.580. The third-order valence-electron chi connectivity index (χ3n) is 3.42. The average molecular weight is 234 g/mol. The second kappa shape index (κ2) is 6.22. The van der Waals surface area contributed by atoms with Crippen LogP contribution < -0.4 is 5.46 Å². The zero-order chi connectivity index (χ0) is 12.1. The van der Waals surface area contributed by atoms with Gasteiger partial charge in [0.05, 0.1) is 19.8 Å². The van der Waals surface area contributed by atoms with Gasteiger partial charge in [-0.2, -0.15) is 5.10 Å². The summed E-state index contributed by atoms with van der Waals surface area (Å²) in [4.78, 5) is 2.51. The Balaban J connectivity index is 1.83. The van der Waals surface area contributed by atoms with E-state index in [-0.39, 0.29) is 0 Å². The first-order chi connectivity index (χ1) is 8.33. The summed E-state index contributed by atoms with van der Waals surface area (Å²) in [6, 6.07) is 0.580. The highest BCUT2D eigenvalue weighted by Gasteiger charge is 2.20. The van der Waals surface area contributed by atoms with Gasteiger partial charge in [0.25, 0.3) is 0 Å². The van der Waals surface area contributed by atoms with Gasteiger partial charge in [0.1, 0.15) is 0 Å². The lowest BCUT2D eigenvalue weighted by Crippen LogP contribution is -2.46. The summed E-state index contributed by atoms with van der Waals surface area (Å²) in [5.74, 6) is 0. The van der Waals surface area contributed by atoms with Crippen LogP contribution in [0.4, 0.5) is 0 Å². The summed E-state index contributed by atoms with van der Waals surface area (Å²) >= 11 is 0. The molecule has 2 heterocycles. The van der Waals surface area contributed by atoms with Crippen LogP contribution in [0.25, 0.3) is 0 Å². The predicted octanol–water partition coefficient (Wildman–Crippen LogP) is 0.372. The Morgan fingerprint density at radius 1 is 1.53 bits per heavy atom. The van der Waals surface area contributed by atoms with Crippen molar-refractivity contribution < 1.29 is 4.74 Å². The molecule has 1 aliphatic rings. The first-order valence-corrected chi connectivity index (χ1v) is 6.47.